The highest BCUT2D eigenvalue weighted by molar-refractivity contribution is 5.44. The van der Waals surface area contributed by atoms with Crippen molar-refractivity contribution in [2.24, 2.45) is 0 Å². The van der Waals surface area contributed by atoms with Crippen molar-refractivity contribution in [1.82, 2.24) is 0 Å². The molecule has 2 rings (SSSR count). The van der Waals surface area contributed by atoms with E-state index in [1.807, 2.05) is 18.2 Å². The maximum Gasteiger partial charge on any atom is 0.126 e. The molecule has 2 nitrogen and oxygen atoms in total. The summed E-state index contributed by atoms with van der Waals surface area (Å²) in [5.41, 5.74) is 1.18. The van der Waals surface area contributed by atoms with Crippen molar-refractivity contribution in [3.8, 4) is 11.5 Å². The molecule has 1 fully saturated rings. The van der Waals surface area contributed by atoms with Gasteiger partial charge in [-0.1, -0.05) is 13.0 Å². The number of methoxy groups -OCH3 is 1. The zero-order valence-electron chi connectivity index (χ0n) is 8.75. The topological polar surface area (TPSA) is 18.5 Å². The van der Waals surface area contributed by atoms with Gasteiger partial charge < -0.3 is 9.47 Å². The fourth-order valence-electron chi connectivity index (χ4n) is 1.56. The first-order valence-corrected chi connectivity index (χ1v) is 5.17. The summed E-state index contributed by atoms with van der Waals surface area (Å²) in [6.07, 6.45) is 3.79. The summed E-state index contributed by atoms with van der Waals surface area (Å²) in [5, 5.41) is 0. The van der Waals surface area contributed by atoms with Crippen LogP contribution in [0, 0.1) is 0 Å². The van der Waals surface area contributed by atoms with E-state index in [0.29, 0.717) is 6.10 Å². The fraction of sp³-hybridized carbons (Fsp3) is 0.500. The molecule has 0 aliphatic heterocycles. The molecular weight excluding hydrogens is 176 g/mol. The zero-order valence-corrected chi connectivity index (χ0v) is 8.75. The van der Waals surface area contributed by atoms with Crippen LogP contribution in [0.1, 0.15) is 25.3 Å². The largest absolute Gasteiger partial charge is 0.496 e. The molecule has 0 saturated heterocycles. The average Bonchev–Trinajstić information content (AvgIpc) is 3.01. The van der Waals surface area contributed by atoms with E-state index >= 15 is 0 Å². The van der Waals surface area contributed by atoms with E-state index in [4.69, 9.17) is 9.47 Å². The van der Waals surface area contributed by atoms with Crippen LogP contribution in [0.4, 0.5) is 0 Å². The third kappa shape index (κ3) is 1.84. The minimum Gasteiger partial charge on any atom is -0.496 e. The van der Waals surface area contributed by atoms with Gasteiger partial charge in [0, 0.05) is 5.56 Å². The van der Waals surface area contributed by atoms with E-state index in [0.717, 1.165) is 17.9 Å². The Bertz CT molecular complexity index is 316. The first-order chi connectivity index (χ1) is 6.85. The number of rotatable bonds is 4. The third-order valence-electron chi connectivity index (χ3n) is 2.48. The molecule has 0 N–H and O–H groups in total. The maximum atomic E-state index is 5.81. The summed E-state index contributed by atoms with van der Waals surface area (Å²) in [5.74, 6) is 1.93. The highest BCUT2D eigenvalue weighted by Crippen LogP contribution is 2.33. The molecule has 0 radical (unpaired) electrons. The van der Waals surface area contributed by atoms with Crippen molar-refractivity contribution in [3.05, 3.63) is 23.8 Å². The van der Waals surface area contributed by atoms with E-state index in [9.17, 15) is 0 Å². The van der Waals surface area contributed by atoms with Crippen molar-refractivity contribution in [3.63, 3.8) is 0 Å². The van der Waals surface area contributed by atoms with Crippen LogP contribution < -0.4 is 9.47 Å². The Kier molecular flexibility index (Phi) is 2.62. The average molecular weight is 192 g/mol. The van der Waals surface area contributed by atoms with Crippen molar-refractivity contribution < 1.29 is 9.47 Å². The van der Waals surface area contributed by atoms with Crippen molar-refractivity contribution >= 4 is 0 Å². The van der Waals surface area contributed by atoms with Crippen LogP contribution in [0.3, 0.4) is 0 Å². The number of ether oxygens (including phenoxy) is 2. The molecule has 0 amide bonds. The van der Waals surface area contributed by atoms with Crippen LogP contribution in [0.2, 0.25) is 0 Å². The lowest BCUT2D eigenvalue weighted by Crippen LogP contribution is -2.00. The van der Waals surface area contributed by atoms with Gasteiger partial charge in [0.1, 0.15) is 11.5 Å². The highest BCUT2D eigenvalue weighted by Gasteiger charge is 2.24. The molecular formula is C12H16O2. The summed E-state index contributed by atoms with van der Waals surface area (Å²) in [7, 11) is 1.70. The van der Waals surface area contributed by atoms with Gasteiger partial charge >= 0.3 is 0 Å². The lowest BCUT2D eigenvalue weighted by atomic mass is 10.1. The highest BCUT2D eigenvalue weighted by atomic mass is 16.5. The molecule has 2 heteroatoms. The second-order valence-corrected chi connectivity index (χ2v) is 3.61. The molecule has 14 heavy (non-hydrogen) atoms. The first kappa shape index (κ1) is 9.38. The van der Waals surface area contributed by atoms with Crippen LogP contribution in [0.15, 0.2) is 18.2 Å². The SMILES string of the molecule is CCc1c(OC)cccc1OC1CC1. The quantitative estimate of drug-likeness (QED) is 0.730. The summed E-state index contributed by atoms with van der Waals surface area (Å²) in [6, 6.07) is 5.99. The van der Waals surface area contributed by atoms with E-state index in [1.54, 1.807) is 7.11 Å². The number of benzene rings is 1. The zero-order chi connectivity index (χ0) is 9.97. The number of hydrogen-bond acceptors (Lipinski definition) is 2. The van der Waals surface area contributed by atoms with Crippen LogP contribution in [-0.2, 0) is 6.42 Å². The molecule has 0 unspecified atom stereocenters. The van der Waals surface area contributed by atoms with Crippen LogP contribution in [0.25, 0.3) is 0 Å². The van der Waals surface area contributed by atoms with Gasteiger partial charge in [-0.3, -0.25) is 0 Å². The lowest BCUT2D eigenvalue weighted by Gasteiger charge is -2.12. The maximum absolute atomic E-state index is 5.81. The third-order valence-corrected chi connectivity index (χ3v) is 2.48. The summed E-state index contributed by atoms with van der Waals surface area (Å²) in [4.78, 5) is 0. The fourth-order valence-corrected chi connectivity index (χ4v) is 1.56. The predicted octanol–water partition coefficient (Wildman–Crippen LogP) is 2.80. The second-order valence-electron chi connectivity index (χ2n) is 3.61. The minimum absolute atomic E-state index is 0.451. The van der Waals surface area contributed by atoms with E-state index in [-0.39, 0.29) is 0 Å². The Hall–Kier alpha value is -1.18. The minimum atomic E-state index is 0.451. The van der Waals surface area contributed by atoms with Gasteiger partial charge in [0.25, 0.3) is 0 Å². The van der Waals surface area contributed by atoms with Crippen molar-refractivity contribution in [2.45, 2.75) is 32.3 Å². The molecule has 0 atom stereocenters. The lowest BCUT2D eigenvalue weighted by molar-refractivity contribution is 0.297. The van der Waals surface area contributed by atoms with Crippen LogP contribution >= 0.6 is 0 Å². The van der Waals surface area contributed by atoms with Gasteiger partial charge in [0.05, 0.1) is 13.2 Å². The van der Waals surface area contributed by atoms with Gasteiger partial charge in [-0.2, -0.15) is 0 Å². The Morgan fingerprint density at radius 2 is 2.00 bits per heavy atom. The number of hydrogen-bond donors (Lipinski definition) is 0. The molecule has 1 aliphatic rings. The molecule has 1 aromatic carbocycles. The Morgan fingerprint density at radius 3 is 2.57 bits per heavy atom. The van der Waals surface area contributed by atoms with Gasteiger partial charge in [-0.15, -0.1) is 0 Å². The Labute approximate surface area is 84.8 Å². The summed E-state index contributed by atoms with van der Waals surface area (Å²) in [6.45, 7) is 2.12. The standard InChI is InChI=1S/C12H16O2/c1-3-10-11(13-2)5-4-6-12(10)14-9-7-8-9/h4-6,9H,3,7-8H2,1-2H3. The van der Waals surface area contributed by atoms with Crippen molar-refractivity contribution in [2.75, 3.05) is 7.11 Å². The van der Waals surface area contributed by atoms with E-state index < -0.39 is 0 Å². The van der Waals surface area contributed by atoms with E-state index in [1.165, 1.54) is 18.4 Å². The van der Waals surface area contributed by atoms with Gasteiger partial charge in [0.15, 0.2) is 0 Å². The van der Waals surface area contributed by atoms with Gasteiger partial charge in [-0.25, -0.2) is 0 Å². The smallest absolute Gasteiger partial charge is 0.126 e. The molecule has 0 spiro atoms. The van der Waals surface area contributed by atoms with Crippen molar-refractivity contribution in [1.29, 1.82) is 0 Å². The van der Waals surface area contributed by atoms with Crippen LogP contribution in [0.5, 0.6) is 11.5 Å². The molecule has 1 aliphatic carbocycles. The Balaban J connectivity index is 2.26. The van der Waals surface area contributed by atoms with Crippen LogP contribution in [-0.4, -0.2) is 13.2 Å². The molecule has 1 saturated carbocycles. The molecule has 76 valence electrons. The van der Waals surface area contributed by atoms with E-state index in [2.05, 4.69) is 6.92 Å². The molecule has 0 heterocycles. The monoisotopic (exact) mass is 192 g/mol. The molecule has 0 aromatic heterocycles. The summed E-state index contributed by atoms with van der Waals surface area (Å²) < 4.78 is 11.1. The summed E-state index contributed by atoms with van der Waals surface area (Å²) >= 11 is 0. The van der Waals surface area contributed by atoms with Gasteiger partial charge in [0.2, 0.25) is 0 Å². The predicted molar refractivity (Wildman–Crippen MR) is 56.0 cm³/mol. The second kappa shape index (κ2) is 3.91. The van der Waals surface area contributed by atoms with Gasteiger partial charge in [-0.05, 0) is 31.4 Å². The molecule has 1 aromatic rings. The normalized spacial score (nSPS) is 15.3. The Morgan fingerprint density at radius 1 is 1.29 bits per heavy atom. The first-order valence-electron chi connectivity index (χ1n) is 5.17. The molecule has 0 bridgehead atoms.